The number of benzene rings is 2. The van der Waals surface area contributed by atoms with Crippen LogP contribution < -0.4 is 11.1 Å². The van der Waals surface area contributed by atoms with Crippen LogP contribution >= 0.6 is 0 Å². The van der Waals surface area contributed by atoms with Crippen molar-refractivity contribution < 1.29 is 4.79 Å². The first-order valence-corrected chi connectivity index (χ1v) is 5.83. The first-order valence-electron chi connectivity index (χ1n) is 5.83. The molecule has 19 heavy (non-hydrogen) atoms. The number of rotatable bonds is 2. The molecular weight excluding hydrogens is 240 g/mol. The Balaban J connectivity index is 2.08. The van der Waals surface area contributed by atoms with Gasteiger partial charge in [0.1, 0.15) is 6.33 Å². The Morgan fingerprint density at radius 1 is 1.16 bits per heavy atom. The van der Waals surface area contributed by atoms with Crippen LogP contribution in [0.1, 0.15) is 0 Å². The van der Waals surface area contributed by atoms with Crippen molar-refractivity contribution in [1.82, 2.24) is 9.55 Å². The van der Waals surface area contributed by atoms with Gasteiger partial charge in [-0.25, -0.2) is 9.78 Å². The molecule has 0 fully saturated rings. The molecule has 0 saturated heterocycles. The summed E-state index contributed by atoms with van der Waals surface area (Å²) in [5, 5.41) is 2.54. The van der Waals surface area contributed by atoms with Crippen molar-refractivity contribution in [3.63, 3.8) is 0 Å². The zero-order chi connectivity index (χ0) is 13.2. The quantitative estimate of drug-likeness (QED) is 0.735. The van der Waals surface area contributed by atoms with Crippen molar-refractivity contribution in [2.45, 2.75) is 0 Å². The Kier molecular flexibility index (Phi) is 2.64. The van der Waals surface area contributed by atoms with Gasteiger partial charge in [0.2, 0.25) is 0 Å². The van der Waals surface area contributed by atoms with Gasteiger partial charge in [0.05, 0.1) is 11.0 Å². The molecule has 2 aromatic carbocycles. The van der Waals surface area contributed by atoms with Gasteiger partial charge in [0.25, 0.3) is 0 Å². The van der Waals surface area contributed by atoms with E-state index in [0.29, 0.717) is 5.69 Å². The molecule has 0 aliphatic heterocycles. The summed E-state index contributed by atoms with van der Waals surface area (Å²) in [6.07, 6.45) is 1.76. The van der Waals surface area contributed by atoms with Gasteiger partial charge in [-0.15, -0.1) is 0 Å². The molecule has 1 aromatic heterocycles. The maximum atomic E-state index is 10.8. The first-order chi connectivity index (χ1) is 9.24. The molecule has 5 heteroatoms. The zero-order valence-corrected chi connectivity index (χ0v) is 10.1. The van der Waals surface area contributed by atoms with Crippen molar-refractivity contribution in [3.8, 4) is 5.69 Å². The summed E-state index contributed by atoms with van der Waals surface area (Å²) in [6, 6.07) is 14.9. The van der Waals surface area contributed by atoms with E-state index in [-0.39, 0.29) is 0 Å². The van der Waals surface area contributed by atoms with Gasteiger partial charge in [-0.1, -0.05) is 18.2 Å². The smallest absolute Gasteiger partial charge is 0.316 e. The third-order valence-electron chi connectivity index (χ3n) is 2.85. The fourth-order valence-electron chi connectivity index (χ4n) is 2.03. The topological polar surface area (TPSA) is 72.9 Å². The van der Waals surface area contributed by atoms with Crippen molar-refractivity contribution in [2.24, 2.45) is 5.73 Å². The third kappa shape index (κ3) is 2.13. The number of aromatic nitrogens is 2. The van der Waals surface area contributed by atoms with Crippen LogP contribution in [0.25, 0.3) is 16.7 Å². The Labute approximate surface area is 109 Å². The summed E-state index contributed by atoms with van der Waals surface area (Å²) in [5.41, 5.74) is 8.54. The van der Waals surface area contributed by atoms with Gasteiger partial charge >= 0.3 is 6.03 Å². The Hall–Kier alpha value is -2.82. The van der Waals surface area contributed by atoms with Crippen LogP contribution in [0.15, 0.2) is 54.9 Å². The number of carbonyl (C=O) groups is 1. The minimum Gasteiger partial charge on any atom is -0.351 e. The van der Waals surface area contributed by atoms with Gasteiger partial charge in [-0.2, -0.15) is 0 Å². The summed E-state index contributed by atoms with van der Waals surface area (Å²) in [5.74, 6) is 0. The monoisotopic (exact) mass is 252 g/mol. The number of nitrogens with two attached hydrogens (primary N) is 1. The summed E-state index contributed by atoms with van der Waals surface area (Å²) in [4.78, 5) is 15.2. The number of nitrogens with one attached hydrogen (secondary N) is 1. The molecule has 0 spiro atoms. The molecule has 5 nitrogen and oxygen atoms in total. The van der Waals surface area contributed by atoms with Crippen LogP contribution in [0.4, 0.5) is 10.5 Å². The van der Waals surface area contributed by atoms with Crippen molar-refractivity contribution in [2.75, 3.05) is 5.32 Å². The van der Waals surface area contributed by atoms with Crippen LogP contribution in [0.5, 0.6) is 0 Å². The molecular formula is C14H12N4O. The Morgan fingerprint density at radius 2 is 1.95 bits per heavy atom. The number of anilines is 1. The number of carbonyl (C=O) groups excluding carboxylic acids is 1. The highest BCUT2D eigenvalue weighted by molar-refractivity contribution is 5.91. The maximum absolute atomic E-state index is 10.8. The molecule has 94 valence electrons. The third-order valence-corrected chi connectivity index (χ3v) is 2.85. The lowest BCUT2D eigenvalue weighted by Gasteiger charge is -2.05. The molecule has 0 aliphatic rings. The zero-order valence-electron chi connectivity index (χ0n) is 10.1. The second-order valence-corrected chi connectivity index (χ2v) is 4.14. The van der Waals surface area contributed by atoms with Crippen LogP contribution in [0, 0.1) is 0 Å². The molecule has 0 aliphatic carbocycles. The molecule has 1 heterocycles. The van der Waals surface area contributed by atoms with E-state index >= 15 is 0 Å². The SMILES string of the molecule is NC(=O)Nc1ccc2c(c1)ncn2-c1ccccc1. The summed E-state index contributed by atoms with van der Waals surface area (Å²) in [7, 11) is 0. The number of nitrogens with zero attached hydrogens (tertiary/aromatic N) is 2. The van der Waals surface area contributed by atoms with Gasteiger partial charge in [0.15, 0.2) is 0 Å². The number of amides is 2. The largest absolute Gasteiger partial charge is 0.351 e. The maximum Gasteiger partial charge on any atom is 0.316 e. The van der Waals surface area contributed by atoms with E-state index in [1.165, 1.54) is 0 Å². The highest BCUT2D eigenvalue weighted by atomic mass is 16.2. The number of imidazole rings is 1. The van der Waals surface area contributed by atoms with Crippen molar-refractivity contribution in [1.29, 1.82) is 0 Å². The van der Waals surface area contributed by atoms with Crippen LogP contribution in [-0.4, -0.2) is 15.6 Å². The lowest BCUT2D eigenvalue weighted by Crippen LogP contribution is -2.19. The fraction of sp³-hybridized carbons (Fsp3) is 0. The summed E-state index contributed by atoms with van der Waals surface area (Å²) >= 11 is 0. The molecule has 0 radical (unpaired) electrons. The summed E-state index contributed by atoms with van der Waals surface area (Å²) < 4.78 is 1.99. The standard InChI is InChI=1S/C14H12N4O/c15-14(19)17-10-6-7-13-12(8-10)16-9-18(13)11-4-2-1-3-5-11/h1-9H,(H3,15,17,19). The lowest BCUT2D eigenvalue weighted by molar-refractivity contribution is 0.259. The van der Waals surface area contributed by atoms with Gasteiger partial charge < -0.3 is 11.1 Å². The molecule has 0 saturated carbocycles. The summed E-state index contributed by atoms with van der Waals surface area (Å²) in [6.45, 7) is 0. The van der Waals surface area contributed by atoms with E-state index in [9.17, 15) is 4.79 Å². The van der Waals surface area contributed by atoms with Gasteiger partial charge in [0, 0.05) is 11.4 Å². The van der Waals surface area contributed by atoms with Crippen molar-refractivity contribution >= 4 is 22.8 Å². The second kappa shape index (κ2) is 4.45. The van der Waals surface area contributed by atoms with Gasteiger partial charge in [-0.3, -0.25) is 4.57 Å². The number of hydrogen-bond donors (Lipinski definition) is 2. The Morgan fingerprint density at radius 3 is 2.68 bits per heavy atom. The van der Waals surface area contributed by atoms with Crippen LogP contribution in [0.3, 0.4) is 0 Å². The molecule has 3 N–H and O–H groups in total. The van der Waals surface area contributed by atoms with E-state index in [4.69, 9.17) is 5.73 Å². The lowest BCUT2D eigenvalue weighted by atomic mass is 10.2. The fourth-order valence-corrected chi connectivity index (χ4v) is 2.03. The van der Waals surface area contributed by atoms with E-state index in [0.717, 1.165) is 16.7 Å². The molecule has 0 atom stereocenters. The number of para-hydroxylation sites is 1. The number of hydrogen-bond acceptors (Lipinski definition) is 2. The molecule has 3 rings (SSSR count). The minimum absolute atomic E-state index is 0.582. The average molecular weight is 252 g/mol. The number of urea groups is 1. The molecule has 0 bridgehead atoms. The minimum atomic E-state index is -0.582. The highest BCUT2D eigenvalue weighted by Gasteiger charge is 2.05. The van der Waals surface area contributed by atoms with E-state index < -0.39 is 6.03 Å². The highest BCUT2D eigenvalue weighted by Crippen LogP contribution is 2.21. The Bertz CT molecular complexity index is 734. The average Bonchev–Trinajstić information content (AvgIpc) is 2.82. The van der Waals surface area contributed by atoms with E-state index in [1.54, 1.807) is 18.5 Å². The molecule has 0 unspecified atom stereocenters. The first kappa shape index (κ1) is 11.3. The molecule has 3 aromatic rings. The molecule has 2 amide bonds. The van der Waals surface area contributed by atoms with Crippen LogP contribution in [-0.2, 0) is 0 Å². The van der Waals surface area contributed by atoms with E-state index in [1.807, 2.05) is 41.0 Å². The van der Waals surface area contributed by atoms with E-state index in [2.05, 4.69) is 10.3 Å². The predicted octanol–water partition coefficient (Wildman–Crippen LogP) is 2.52. The van der Waals surface area contributed by atoms with Gasteiger partial charge in [-0.05, 0) is 30.3 Å². The second-order valence-electron chi connectivity index (χ2n) is 4.14. The number of primary amides is 1. The number of fused-ring (bicyclic) bond motifs is 1. The van der Waals surface area contributed by atoms with Crippen LogP contribution in [0.2, 0.25) is 0 Å². The van der Waals surface area contributed by atoms with Crippen molar-refractivity contribution in [3.05, 3.63) is 54.9 Å². The normalized spacial score (nSPS) is 10.5. The predicted molar refractivity (Wildman–Crippen MR) is 74.3 cm³/mol.